The van der Waals surface area contributed by atoms with E-state index in [4.69, 9.17) is 28.3 Å². The molecule has 0 saturated carbocycles. The minimum atomic E-state index is -3.75. The van der Waals surface area contributed by atoms with Crippen molar-refractivity contribution in [2.45, 2.75) is 4.21 Å². The Balaban J connectivity index is 2.59. The van der Waals surface area contributed by atoms with Crippen LogP contribution in [-0.4, -0.2) is 13.4 Å². The summed E-state index contributed by atoms with van der Waals surface area (Å²) in [6.07, 6.45) is 1.19. The summed E-state index contributed by atoms with van der Waals surface area (Å²) in [5.74, 6) is 0. The number of hydrogen-bond donors (Lipinski definition) is 1. The van der Waals surface area contributed by atoms with Crippen molar-refractivity contribution >= 4 is 44.6 Å². The van der Waals surface area contributed by atoms with Crippen LogP contribution in [0.3, 0.4) is 0 Å². The molecule has 0 radical (unpaired) electrons. The number of aromatic nitrogens is 1. The zero-order valence-corrected chi connectivity index (χ0v) is 11.4. The quantitative estimate of drug-likeness (QED) is 0.927. The molecule has 0 aliphatic rings. The van der Waals surface area contributed by atoms with Gasteiger partial charge >= 0.3 is 0 Å². The van der Waals surface area contributed by atoms with Gasteiger partial charge in [0.1, 0.15) is 5.01 Å². The average Bonchev–Trinajstić information content (AvgIpc) is 2.65. The minimum Gasteiger partial charge on any atom is -0.243 e. The van der Waals surface area contributed by atoms with E-state index in [0.29, 0.717) is 20.6 Å². The minimum absolute atomic E-state index is 0.0245. The van der Waals surface area contributed by atoms with E-state index < -0.39 is 10.0 Å². The fourth-order valence-electron chi connectivity index (χ4n) is 1.21. The van der Waals surface area contributed by atoms with Gasteiger partial charge in [-0.05, 0) is 12.1 Å². The van der Waals surface area contributed by atoms with Gasteiger partial charge in [0.15, 0.2) is 4.21 Å². The van der Waals surface area contributed by atoms with Gasteiger partial charge in [-0.3, -0.25) is 0 Å². The van der Waals surface area contributed by atoms with Gasteiger partial charge in [0, 0.05) is 5.56 Å². The second-order valence-corrected chi connectivity index (χ2v) is 6.76. The Labute approximate surface area is 112 Å². The average molecular weight is 309 g/mol. The van der Waals surface area contributed by atoms with E-state index >= 15 is 0 Å². The SMILES string of the molecule is NS(=O)(=O)c1cnc(-c2c(Cl)cccc2Cl)s1. The van der Waals surface area contributed by atoms with E-state index in [9.17, 15) is 8.42 Å². The third kappa shape index (κ3) is 2.61. The van der Waals surface area contributed by atoms with E-state index in [1.165, 1.54) is 6.20 Å². The van der Waals surface area contributed by atoms with Gasteiger partial charge < -0.3 is 0 Å². The molecular weight excluding hydrogens is 303 g/mol. The number of rotatable bonds is 2. The smallest absolute Gasteiger partial charge is 0.243 e. The Morgan fingerprint density at radius 2 is 1.82 bits per heavy atom. The lowest BCUT2D eigenvalue weighted by Crippen LogP contribution is -2.09. The fourth-order valence-corrected chi connectivity index (χ4v) is 3.52. The molecule has 0 spiro atoms. The topological polar surface area (TPSA) is 73.1 Å². The molecule has 90 valence electrons. The largest absolute Gasteiger partial charge is 0.249 e. The molecule has 0 amide bonds. The van der Waals surface area contributed by atoms with Crippen LogP contribution < -0.4 is 5.14 Å². The van der Waals surface area contributed by atoms with Gasteiger partial charge in [-0.15, -0.1) is 11.3 Å². The molecule has 1 heterocycles. The van der Waals surface area contributed by atoms with Crippen LogP contribution in [0.1, 0.15) is 0 Å². The van der Waals surface area contributed by atoms with Crippen LogP contribution in [-0.2, 0) is 10.0 Å². The second kappa shape index (κ2) is 4.55. The highest BCUT2D eigenvalue weighted by Gasteiger charge is 2.17. The van der Waals surface area contributed by atoms with Crippen LogP contribution in [0.2, 0.25) is 10.0 Å². The van der Waals surface area contributed by atoms with Crippen molar-refractivity contribution in [2.24, 2.45) is 5.14 Å². The molecule has 0 aliphatic carbocycles. The summed E-state index contributed by atoms with van der Waals surface area (Å²) in [6.45, 7) is 0. The maximum Gasteiger partial charge on any atom is 0.249 e. The normalized spacial score (nSPS) is 11.7. The lowest BCUT2D eigenvalue weighted by atomic mass is 10.2. The number of hydrogen-bond acceptors (Lipinski definition) is 4. The summed E-state index contributed by atoms with van der Waals surface area (Å²) in [5, 5.41) is 6.24. The van der Waals surface area contributed by atoms with Crippen molar-refractivity contribution in [3.63, 3.8) is 0 Å². The van der Waals surface area contributed by atoms with E-state index in [1.807, 2.05) is 0 Å². The standard InChI is InChI=1S/C9H6Cl2N2O2S2/c10-5-2-1-3-6(11)8(5)9-13-4-7(16-9)17(12,14)15/h1-4H,(H2,12,14,15). The first kappa shape index (κ1) is 12.8. The van der Waals surface area contributed by atoms with Gasteiger partial charge in [0.25, 0.3) is 0 Å². The predicted octanol–water partition coefficient (Wildman–Crippen LogP) is 2.76. The van der Waals surface area contributed by atoms with Gasteiger partial charge in [-0.1, -0.05) is 29.3 Å². The molecular formula is C9H6Cl2N2O2S2. The molecule has 2 N–H and O–H groups in total. The number of thiazole rings is 1. The van der Waals surface area contributed by atoms with Crippen molar-refractivity contribution in [3.05, 3.63) is 34.4 Å². The molecule has 0 unspecified atom stereocenters. The van der Waals surface area contributed by atoms with Crippen molar-refractivity contribution < 1.29 is 8.42 Å². The number of primary sulfonamides is 1. The zero-order chi connectivity index (χ0) is 12.6. The second-order valence-electron chi connectivity index (χ2n) is 3.13. The molecule has 2 rings (SSSR count). The number of nitrogens with two attached hydrogens (primary N) is 1. The summed E-state index contributed by atoms with van der Waals surface area (Å²) in [7, 11) is -3.75. The molecule has 17 heavy (non-hydrogen) atoms. The summed E-state index contributed by atoms with van der Waals surface area (Å²) < 4.78 is 22.2. The Kier molecular flexibility index (Phi) is 3.42. The van der Waals surface area contributed by atoms with Crippen LogP contribution in [0, 0.1) is 0 Å². The third-order valence-electron chi connectivity index (χ3n) is 1.94. The predicted molar refractivity (Wildman–Crippen MR) is 68.9 cm³/mol. The summed E-state index contributed by atoms with van der Waals surface area (Å²) in [5.41, 5.74) is 0.510. The van der Waals surface area contributed by atoms with Crippen LogP contribution in [0.25, 0.3) is 10.6 Å². The van der Waals surface area contributed by atoms with E-state index in [1.54, 1.807) is 18.2 Å². The molecule has 0 atom stereocenters. The first-order valence-electron chi connectivity index (χ1n) is 4.32. The summed E-state index contributed by atoms with van der Waals surface area (Å²) >= 11 is 12.9. The lowest BCUT2D eigenvalue weighted by Gasteiger charge is -2.02. The van der Waals surface area contributed by atoms with E-state index in [0.717, 1.165) is 11.3 Å². The molecule has 0 saturated heterocycles. The Hall–Kier alpha value is -0.660. The Morgan fingerprint density at radius 3 is 2.29 bits per heavy atom. The van der Waals surface area contributed by atoms with E-state index in [-0.39, 0.29) is 4.21 Å². The van der Waals surface area contributed by atoms with Crippen molar-refractivity contribution in [3.8, 4) is 10.6 Å². The van der Waals surface area contributed by atoms with Crippen molar-refractivity contribution in [1.82, 2.24) is 4.98 Å². The maximum absolute atomic E-state index is 11.1. The Morgan fingerprint density at radius 1 is 1.24 bits per heavy atom. The highest BCUT2D eigenvalue weighted by Crippen LogP contribution is 2.37. The van der Waals surface area contributed by atoms with Gasteiger partial charge in [-0.25, -0.2) is 18.5 Å². The molecule has 2 aromatic rings. The first-order chi connectivity index (χ1) is 7.89. The molecule has 8 heteroatoms. The van der Waals surface area contributed by atoms with E-state index in [2.05, 4.69) is 4.98 Å². The molecule has 0 aliphatic heterocycles. The number of sulfonamides is 1. The zero-order valence-electron chi connectivity index (χ0n) is 8.22. The van der Waals surface area contributed by atoms with Crippen molar-refractivity contribution in [1.29, 1.82) is 0 Å². The summed E-state index contributed by atoms with van der Waals surface area (Å²) in [6, 6.07) is 5.00. The monoisotopic (exact) mass is 308 g/mol. The lowest BCUT2D eigenvalue weighted by molar-refractivity contribution is 0.599. The number of nitrogens with zero attached hydrogens (tertiary/aromatic N) is 1. The van der Waals surface area contributed by atoms with Gasteiger partial charge in [0.05, 0.1) is 16.2 Å². The molecule has 1 aromatic heterocycles. The fraction of sp³-hybridized carbons (Fsp3) is 0. The highest BCUT2D eigenvalue weighted by atomic mass is 35.5. The first-order valence-corrected chi connectivity index (χ1v) is 7.44. The maximum atomic E-state index is 11.1. The summed E-state index contributed by atoms with van der Waals surface area (Å²) in [4.78, 5) is 3.97. The van der Waals surface area contributed by atoms with Crippen LogP contribution in [0.4, 0.5) is 0 Å². The van der Waals surface area contributed by atoms with Crippen LogP contribution in [0.15, 0.2) is 28.6 Å². The number of halogens is 2. The molecule has 4 nitrogen and oxygen atoms in total. The van der Waals surface area contributed by atoms with Crippen LogP contribution in [0.5, 0.6) is 0 Å². The molecule has 0 bridgehead atoms. The van der Waals surface area contributed by atoms with Gasteiger partial charge in [-0.2, -0.15) is 0 Å². The highest BCUT2D eigenvalue weighted by molar-refractivity contribution is 7.91. The molecule has 0 fully saturated rings. The van der Waals surface area contributed by atoms with Crippen LogP contribution >= 0.6 is 34.5 Å². The Bertz CT molecular complexity index is 647. The third-order valence-corrected chi connectivity index (χ3v) is 4.99. The molecule has 1 aromatic carbocycles. The van der Waals surface area contributed by atoms with Crippen molar-refractivity contribution in [2.75, 3.05) is 0 Å². The number of benzene rings is 1. The van der Waals surface area contributed by atoms with Gasteiger partial charge in [0.2, 0.25) is 10.0 Å².